The average Bonchev–Trinajstić information content (AvgIpc) is 2.73. The van der Waals surface area contributed by atoms with Crippen molar-refractivity contribution >= 4 is 35.1 Å². The van der Waals surface area contributed by atoms with Gasteiger partial charge in [0.15, 0.2) is 0 Å². The first-order chi connectivity index (χ1) is 14.8. The molecule has 166 valence electrons. The van der Waals surface area contributed by atoms with Crippen molar-refractivity contribution in [2.75, 3.05) is 42.1 Å². The van der Waals surface area contributed by atoms with E-state index in [1.165, 1.54) is 18.0 Å². The zero-order chi connectivity index (χ0) is 22.4. The van der Waals surface area contributed by atoms with Gasteiger partial charge in [0.25, 0.3) is 5.91 Å². The monoisotopic (exact) mass is 444 g/mol. The summed E-state index contributed by atoms with van der Waals surface area (Å²) in [6, 6.07) is 1.85. The Morgan fingerprint density at radius 3 is 2.55 bits per heavy atom. The van der Waals surface area contributed by atoms with Crippen molar-refractivity contribution in [3.05, 3.63) is 36.5 Å². The molecule has 0 saturated carbocycles. The molecule has 0 unspecified atom stereocenters. The maximum absolute atomic E-state index is 12.7. The Balaban J connectivity index is 1.67. The van der Waals surface area contributed by atoms with E-state index in [0.717, 1.165) is 11.4 Å². The number of thioether (sulfide) groups is 1. The van der Waals surface area contributed by atoms with E-state index in [1.807, 2.05) is 33.8 Å². The summed E-state index contributed by atoms with van der Waals surface area (Å²) in [6.45, 7) is 9.89. The molecule has 0 aromatic carbocycles. The van der Waals surface area contributed by atoms with Crippen LogP contribution in [0.2, 0.25) is 0 Å². The second-order valence-electron chi connectivity index (χ2n) is 7.98. The van der Waals surface area contributed by atoms with Crippen molar-refractivity contribution in [2.24, 2.45) is 0 Å². The third-order valence-electron chi connectivity index (χ3n) is 4.46. The number of nitrogens with one attached hydrogen (secondary N) is 1. The molecule has 1 N–H and O–H groups in total. The molecule has 0 atom stereocenters. The Kier molecular flexibility index (Phi) is 7.32. The first-order valence-electron chi connectivity index (χ1n) is 10.2. The van der Waals surface area contributed by atoms with Gasteiger partial charge in [-0.1, -0.05) is 6.92 Å². The Morgan fingerprint density at radius 2 is 1.87 bits per heavy atom. The first kappa shape index (κ1) is 22.8. The highest BCUT2D eigenvalue weighted by Gasteiger charge is 2.27. The molecule has 0 bridgehead atoms. The maximum atomic E-state index is 12.7. The number of piperazine rings is 1. The van der Waals surface area contributed by atoms with Gasteiger partial charge in [-0.05, 0) is 32.6 Å². The van der Waals surface area contributed by atoms with Crippen molar-refractivity contribution in [1.29, 1.82) is 0 Å². The summed E-state index contributed by atoms with van der Waals surface area (Å²) in [5, 5.41) is 3.61. The van der Waals surface area contributed by atoms with Crippen LogP contribution in [0.1, 0.15) is 38.2 Å². The van der Waals surface area contributed by atoms with Gasteiger partial charge in [0, 0.05) is 32.4 Å². The molecule has 0 aliphatic carbocycles. The van der Waals surface area contributed by atoms with Crippen molar-refractivity contribution in [3.63, 3.8) is 0 Å². The zero-order valence-corrected chi connectivity index (χ0v) is 19.1. The van der Waals surface area contributed by atoms with E-state index < -0.39 is 5.60 Å². The molecule has 31 heavy (non-hydrogen) atoms. The summed E-state index contributed by atoms with van der Waals surface area (Å²) in [4.78, 5) is 41.5. The normalized spacial score (nSPS) is 14.3. The molecule has 2 aromatic heterocycles. The van der Waals surface area contributed by atoms with Gasteiger partial charge in [0.1, 0.15) is 16.3 Å². The van der Waals surface area contributed by atoms with E-state index in [2.05, 4.69) is 25.2 Å². The summed E-state index contributed by atoms with van der Waals surface area (Å²) < 4.78 is 5.46. The minimum Gasteiger partial charge on any atom is -0.444 e. The summed E-state index contributed by atoms with van der Waals surface area (Å²) >= 11 is 1.53. The van der Waals surface area contributed by atoms with E-state index in [1.54, 1.807) is 23.5 Å². The Labute approximate surface area is 186 Å². The fourth-order valence-corrected chi connectivity index (χ4v) is 3.67. The quantitative estimate of drug-likeness (QED) is 0.701. The molecule has 1 aliphatic rings. The van der Waals surface area contributed by atoms with Crippen LogP contribution in [-0.2, 0) is 4.74 Å². The summed E-state index contributed by atoms with van der Waals surface area (Å²) in [7, 11) is 0. The first-order valence-corrected chi connectivity index (χ1v) is 11.2. The lowest BCUT2D eigenvalue weighted by Crippen LogP contribution is -2.50. The number of pyridine rings is 1. The lowest BCUT2D eigenvalue weighted by molar-refractivity contribution is 0.0240. The van der Waals surface area contributed by atoms with Crippen LogP contribution < -0.4 is 10.2 Å². The number of nitrogens with zero attached hydrogens (tertiary/aromatic N) is 5. The summed E-state index contributed by atoms with van der Waals surface area (Å²) in [5.74, 6) is 0.509. The molecule has 10 heteroatoms. The summed E-state index contributed by atoms with van der Waals surface area (Å²) in [6.07, 6.45) is 6.09. The van der Waals surface area contributed by atoms with E-state index in [0.29, 0.717) is 36.9 Å². The number of amides is 2. The summed E-state index contributed by atoms with van der Waals surface area (Å²) in [5.41, 5.74) is 1.17. The van der Waals surface area contributed by atoms with Crippen LogP contribution in [0.3, 0.4) is 0 Å². The van der Waals surface area contributed by atoms with Crippen LogP contribution in [0.5, 0.6) is 0 Å². The highest BCUT2D eigenvalue weighted by molar-refractivity contribution is 7.99. The van der Waals surface area contributed by atoms with Crippen LogP contribution in [0.4, 0.5) is 16.2 Å². The molecule has 1 fully saturated rings. The Morgan fingerprint density at radius 1 is 1.13 bits per heavy atom. The lowest BCUT2D eigenvalue weighted by atomic mass is 10.2. The Bertz CT molecular complexity index is 925. The van der Waals surface area contributed by atoms with Gasteiger partial charge in [-0.3, -0.25) is 14.8 Å². The van der Waals surface area contributed by atoms with E-state index in [4.69, 9.17) is 4.74 Å². The second kappa shape index (κ2) is 9.95. The van der Waals surface area contributed by atoms with Gasteiger partial charge >= 0.3 is 6.09 Å². The molecule has 1 aliphatic heterocycles. The fraction of sp³-hybridized carbons (Fsp3) is 0.476. The molecule has 2 amide bonds. The molecule has 3 heterocycles. The van der Waals surface area contributed by atoms with Crippen molar-refractivity contribution in [2.45, 2.75) is 38.3 Å². The number of anilines is 2. The fourth-order valence-electron chi connectivity index (χ4n) is 3.08. The smallest absolute Gasteiger partial charge is 0.410 e. The van der Waals surface area contributed by atoms with E-state index in [9.17, 15) is 9.59 Å². The number of hydrogen-bond acceptors (Lipinski definition) is 8. The average molecular weight is 445 g/mol. The zero-order valence-electron chi connectivity index (χ0n) is 18.3. The van der Waals surface area contributed by atoms with Crippen LogP contribution in [0.15, 0.2) is 35.9 Å². The predicted octanol–water partition coefficient (Wildman–Crippen LogP) is 3.29. The van der Waals surface area contributed by atoms with Gasteiger partial charge < -0.3 is 19.9 Å². The number of carbonyl (C=O) groups is 2. The third kappa shape index (κ3) is 6.30. The number of carbonyl (C=O) groups excluding carboxylic acids is 2. The number of hydrogen-bond donors (Lipinski definition) is 1. The molecule has 0 radical (unpaired) electrons. The van der Waals surface area contributed by atoms with Gasteiger partial charge in [0.05, 0.1) is 30.0 Å². The molecule has 0 spiro atoms. The topological polar surface area (TPSA) is 101 Å². The Hall–Kier alpha value is -2.88. The van der Waals surface area contributed by atoms with Gasteiger partial charge in [-0.2, -0.15) is 0 Å². The lowest BCUT2D eigenvalue weighted by Gasteiger charge is -2.37. The van der Waals surface area contributed by atoms with E-state index in [-0.39, 0.29) is 17.7 Å². The molecular formula is C21H28N6O3S. The standard InChI is InChI=1S/C21H28N6O3S/c1-5-31-18-14-23-13-16(24-18)19(28)25-15-12-22-7-6-17(15)26-8-10-27(11-9-26)20(29)30-21(2,3)4/h6-7,12-14H,5,8-11H2,1-4H3,(H,25,28). The second-order valence-corrected chi connectivity index (χ2v) is 9.26. The molecule has 1 saturated heterocycles. The molecular weight excluding hydrogens is 416 g/mol. The largest absolute Gasteiger partial charge is 0.444 e. The predicted molar refractivity (Wildman–Crippen MR) is 121 cm³/mol. The molecule has 2 aromatic rings. The number of ether oxygens (including phenoxy) is 1. The minimum atomic E-state index is -0.521. The van der Waals surface area contributed by atoms with Crippen LogP contribution in [-0.4, -0.2) is 69.4 Å². The maximum Gasteiger partial charge on any atom is 0.410 e. The van der Waals surface area contributed by atoms with Crippen LogP contribution in [0.25, 0.3) is 0 Å². The van der Waals surface area contributed by atoms with Crippen LogP contribution in [0, 0.1) is 0 Å². The van der Waals surface area contributed by atoms with Gasteiger partial charge in [0.2, 0.25) is 0 Å². The minimum absolute atomic E-state index is 0.253. The van der Waals surface area contributed by atoms with Gasteiger partial charge in [-0.15, -0.1) is 11.8 Å². The highest BCUT2D eigenvalue weighted by Crippen LogP contribution is 2.26. The molecule has 9 nitrogen and oxygen atoms in total. The third-order valence-corrected chi connectivity index (χ3v) is 5.24. The SMILES string of the molecule is CCSc1cncc(C(=O)Nc2cnccc2N2CCN(C(=O)OC(C)(C)C)CC2)n1. The number of rotatable bonds is 5. The van der Waals surface area contributed by atoms with E-state index >= 15 is 0 Å². The molecule has 3 rings (SSSR count). The van der Waals surface area contributed by atoms with Crippen molar-refractivity contribution < 1.29 is 14.3 Å². The number of aromatic nitrogens is 3. The van der Waals surface area contributed by atoms with Crippen molar-refractivity contribution in [1.82, 2.24) is 19.9 Å². The van der Waals surface area contributed by atoms with Crippen molar-refractivity contribution in [3.8, 4) is 0 Å². The highest BCUT2D eigenvalue weighted by atomic mass is 32.2. The van der Waals surface area contributed by atoms with Gasteiger partial charge in [-0.25, -0.2) is 9.78 Å². The van der Waals surface area contributed by atoms with Crippen LogP contribution >= 0.6 is 11.8 Å².